The third-order valence-corrected chi connectivity index (χ3v) is 3.76. The third kappa shape index (κ3) is 3.95. The van der Waals surface area contributed by atoms with Crippen molar-refractivity contribution in [1.29, 1.82) is 0 Å². The van der Waals surface area contributed by atoms with Gasteiger partial charge in [0.2, 0.25) is 5.91 Å². The van der Waals surface area contributed by atoms with Crippen LogP contribution in [0, 0.1) is 6.92 Å². The largest absolute Gasteiger partial charge is 0.381 e. The Labute approximate surface area is 126 Å². The molecule has 1 saturated heterocycles. The van der Waals surface area contributed by atoms with Crippen molar-refractivity contribution in [1.82, 2.24) is 5.32 Å². The van der Waals surface area contributed by atoms with Crippen LogP contribution in [0.3, 0.4) is 0 Å². The van der Waals surface area contributed by atoms with Crippen LogP contribution < -0.4 is 11.1 Å². The van der Waals surface area contributed by atoms with Crippen molar-refractivity contribution in [2.75, 3.05) is 13.2 Å². The summed E-state index contributed by atoms with van der Waals surface area (Å²) in [6.07, 6.45) is 1.17. The maximum atomic E-state index is 12.3. The van der Waals surface area contributed by atoms with Gasteiger partial charge in [0.1, 0.15) is 0 Å². The summed E-state index contributed by atoms with van der Waals surface area (Å²) in [5, 5.41) is 3.01. The molecule has 1 aromatic carbocycles. The number of amides is 1. The second-order valence-electron chi connectivity index (χ2n) is 5.37. The van der Waals surface area contributed by atoms with E-state index in [0.717, 1.165) is 5.56 Å². The molecule has 5 heteroatoms. The molecule has 2 rings (SSSR count). The molecule has 112 valence electrons. The average Bonchev–Trinajstić information content (AvgIpc) is 2.40. The van der Waals surface area contributed by atoms with E-state index in [4.69, 9.17) is 10.5 Å². The molecule has 0 saturated carbocycles. The van der Waals surface area contributed by atoms with Gasteiger partial charge in [0, 0.05) is 13.2 Å². The fourth-order valence-corrected chi connectivity index (χ4v) is 2.24. The summed E-state index contributed by atoms with van der Waals surface area (Å²) >= 11 is 0. The molecule has 1 fully saturated rings. The number of nitrogens with two attached hydrogens (primary N) is 1. The van der Waals surface area contributed by atoms with Crippen molar-refractivity contribution in [2.24, 2.45) is 5.73 Å². The van der Waals surface area contributed by atoms with Gasteiger partial charge >= 0.3 is 0 Å². The van der Waals surface area contributed by atoms with Crippen molar-refractivity contribution < 1.29 is 9.53 Å². The van der Waals surface area contributed by atoms with E-state index in [0.29, 0.717) is 26.1 Å². The number of hydrogen-bond donors (Lipinski definition) is 2. The van der Waals surface area contributed by atoms with E-state index in [1.54, 1.807) is 0 Å². The van der Waals surface area contributed by atoms with Crippen LogP contribution in [0.4, 0.5) is 0 Å². The molecule has 1 atom stereocenters. The van der Waals surface area contributed by atoms with Crippen LogP contribution in [0.5, 0.6) is 0 Å². The Balaban J connectivity index is 0.00000200. The highest BCUT2D eigenvalue weighted by atomic mass is 35.5. The number of nitrogens with one attached hydrogen (secondary N) is 1. The van der Waals surface area contributed by atoms with Crippen molar-refractivity contribution in [3.8, 4) is 0 Å². The van der Waals surface area contributed by atoms with E-state index < -0.39 is 5.54 Å². The molecule has 0 aromatic heterocycles. The van der Waals surface area contributed by atoms with Crippen LogP contribution in [0.1, 0.15) is 36.9 Å². The van der Waals surface area contributed by atoms with E-state index in [-0.39, 0.29) is 24.4 Å². The first-order chi connectivity index (χ1) is 9.01. The van der Waals surface area contributed by atoms with Crippen molar-refractivity contribution in [3.63, 3.8) is 0 Å². The Kier molecular flexibility index (Phi) is 5.99. The van der Waals surface area contributed by atoms with Gasteiger partial charge in [-0.15, -0.1) is 12.4 Å². The summed E-state index contributed by atoms with van der Waals surface area (Å²) in [4.78, 5) is 12.3. The normalized spacial score (nSPS) is 18.8. The summed E-state index contributed by atoms with van der Waals surface area (Å²) in [5.74, 6) is -0.0797. The van der Waals surface area contributed by atoms with Crippen LogP contribution in [0.2, 0.25) is 0 Å². The Morgan fingerprint density at radius 1 is 1.30 bits per heavy atom. The van der Waals surface area contributed by atoms with Gasteiger partial charge in [-0.1, -0.05) is 29.8 Å². The van der Waals surface area contributed by atoms with Crippen LogP contribution in [0.15, 0.2) is 24.3 Å². The summed E-state index contributed by atoms with van der Waals surface area (Å²) in [7, 11) is 0. The van der Waals surface area contributed by atoms with Gasteiger partial charge in [0.05, 0.1) is 11.6 Å². The summed E-state index contributed by atoms with van der Waals surface area (Å²) < 4.78 is 5.26. The topological polar surface area (TPSA) is 64.4 Å². The maximum absolute atomic E-state index is 12.3. The van der Waals surface area contributed by atoms with E-state index in [2.05, 4.69) is 5.32 Å². The van der Waals surface area contributed by atoms with Crippen molar-refractivity contribution in [3.05, 3.63) is 35.4 Å². The van der Waals surface area contributed by atoms with Gasteiger partial charge in [0.25, 0.3) is 0 Å². The van der Waals surface area contributed by atoms with Gasteiger partial charge < -0.3 is 15.8 Å². The molecule has 1 amide bonds. The minimum atomic E-state index is -0.781. The third-order valence-electron chi connectivity index (χ3n) is 3.76. The van der Waals surface area contributed by atoms with E-state index in [9.17, 15) is 4.79 Å². The number of ether oxygens (including phenoxy) is 1. The maximum Gasteiger partial charge on any atom is 0.240 e. The van der Waals surface area contributed by atoms with Gasteiger partial charge in [0.15, 0.2) is 0 Å². The molecule has 0 spiro atoms. The standard InChI is InChI=1S/C15H22N2O2.ClH/c1-11-3-5-13(6-4-11)12(2)17-14(18)15(16)7-9-19-10-8-15;/h3-6,12H,7-10,16H2,1-2H3,(H,17,18);1H. The molecule has 1 heterocycles. The fraction of sp³-hybridized carbons (Fsp3) is 0.533. The summed E-state index contributed by atoms with van der Waals surface area (Å²) in [5.41, 5.74) is 7.68. The monoisotopic (exact) mass is 298 g/mol. The SMILES string of the molecule is Cc1ccc(C(C)NC(=O)C2(N)CCOCC2)cc1.Cl. The molecule has 0 radical (unpaired) electrons. The first kappa shape index (κ1) is 17.0. The lowest BCUT2D eigenvalue weighted by Gasteiger charge is -2.33. The molecule has 1 unspecified atom stereocenters. The van der Waals surface area contributed by atoms with Gasteiger partial charge in [-0.3, -0.25) is 4.79 Å². The Bertz CT molecular complexity index is 442. The first-order valence-electron chi connectivity index (χ1n) is 6.75. The average molecular weight is 299 g/mol. The molecule has 1 aliphatic heterocycles. The number of carbonyl (C=O) groups excluding carboxylic acids is 1. The van der Waals surface area contributed by atoms with E-state index in [1.165, 1.54) is 5.56 Å². The van der Waals surface area contributed by atoms with E-state index in [1.807, 2.05) is 38.1 Å². The molecule has 4 nitrogen and oxygen atoms in total. The second-order valence-corrected chi connectivity index (χ2v) is 5.37. The number of rotatable bonds is 3. The predicted molar refractivity (Wildman–Crippen MR) is 82.0 cm³/mol. The van der Waals surface area contributed by atoms with Crippen LogP contribution in [0.25, 0.3) is 0 Å². The zero-order valence-electron chi connectivity index (χ0n) is 12.0. The molecular formula is C15H23ClN2O2. The minimum Gasteiger partial charge on any atom is -0.381 e. The highest BCUT2D eigenvalue weighted by molar-refractivity contribution is 5.86. The van der Waals surface area contributed by atoms with Crippen LogP contribution >= 0.6 is 12.4 Å². The van der Waals surface area contributed by atoms with E-state index >= 15 is 0 Å². The lowest BCUT2D eigenvalue weighted by Crippen LogP contribution is -2.57. The number of halogens is 1. The zero-order chi connectivity index (χ0) is 13.9. The molecular weight excluding hydrogens is 276 g/mol. The molecule has 1 aromatic rings. The molecule has 0 bridgehead atoms. The Morgan fingerprint density at radius 3 is 2.40 bits per heavy atom. The first-order valence-corrected chi connectivity index (χ1v) is 6.75. The number of hydrogen-bond acceptors (Lipinski definition) is 3. The number of carbonyl (C=O) groups is 1. The minimum absolute atomic E-state index is 0. The Hall–Kier alpha value is -1.10. The lowest BCUT2D eigenvalue weighted by molar-refractivity contribution is -0.130. The van der Waals surface area contributed by atoms with Crippen LogP contribution in [-0.4, -0.2) is 24.7 Å². The molecule has 3 N–H and O–H groups in total. The smallest absolute Gasteiger partial charge is 0.240 e. The van der Waals surface area contributed by atoms with Crippen molar-refractivity contribution in [2.45, 2.75) is 38.3 Å². The van der Waals surface area contributed by atoms with Crippen LogP contribution in [-0.2, 0) is 9.53 Å². The molecule has 0 aliphatic carbocycles. The van der Waals surface area contributed by atoms with Gasteiger partial charge in [-0.25, -0.2) is 0 Å². The molecule has 1 aliphatic rings. The summed E-state index contributed by atoms with van der Waals surface area (Å²) in [6.45, 7) is 5.14. The highest BCUT2D eigenvalue weighted by Gasteiger charge is 2.36. The quantitative estimate of drug-likeness (QED) is 0.898. The second kappa shape index (κ2) is 7.07. The van der Waals surface area contributed by atoms with Gasteiger partial charge in [-0.05, 0) is 32.3 Å². The molecule has 20 heavy (non-hydrogen) atoms. The Morgan fingerprint density at radius 2 is 1.85 bits per heavy atom. The highest BCUT2D eigenvalue weighted by Crippen LogP contribution is 2.20. The van der Waals surface area contributed by atoms with Crippen molar-refractivity contribution >= 4 is 18.3 Å². The number of aryl methyl sites for hydroxylation is 1. The predicted octanol–water partition coefficient (Wildman–Crippen LogP) is 2.10. The fourth-order valence-electron chi connectivity index (χ4n) is 2.24. The summed E-state index contributed by atoms with van der Waals surface area (Å²) in [6, 6.07) is 8.13. The lowest BCUT2D eigenvalue weighted by atomic mass is 9.90. The number of benzene rings is 1. The zero-order valence-corrected chi connectivity index (χ0v) is 12.8. The van der Waals surface area contributed by atoms with Gasteiger partial charge in [-0.2, -0.15) is 0 Å².